The Labute approximate surface area is 46.6 Å². The molecule has 0 aromatic carbocycles. The summed E-state index contributed by atoms with van der Waals surface area (Å²) in [5.41, 5.74) is 0. The van der Waals surface area contributed by atoms with Crippen molar-refractivity contribution in [3.63, 3.8) is 0 Å². The minimum Gasteiger partial charge on any atom is -0.390 e. The van der Waals surface area contributed by atoms with Crippen molar-refractivity contribution < 1.29 is 13.9 Å². The minimum absolute atomic E-state index is 0.660. The van der Waals surface area contributed by atoms with E-state index in [2.05, 4.69) is 0 Å². The Morgan fingerprint density at radius 1 is 1.62 bits per heavy atom. The van der Waals surface area contributed by atoms with Gasteiger partial charge in [0.05, 0.1) is 0 Å². The Morgan fingerprint density at radius 2 is 2.12 bits per heavy atom. The minimum atomic E-state index is -3.03. The largest absolute Gasteiger partial charge is 0.390 e. The quantitative estimate of drug-likeness (QED) is 0.545. The molecule has 1 N–H and O–H groups in total. The van der Waals surface area contributed by atoms with E-state index in [-0.39, 0.29) is 0 Å². The van der Waals surface area contributed by atoms with Crippen LogP contribution in [0.4, 0.5) is 8.78 Å². The van der Waals surface area contributed by atoms with E-state index in [0.717, 1.165) is 0 Å². The highest BCUT2D eigenvalue weighted by atomic mass is 19.3. The number of aliphatic hydroxyl groups excluding tert-OH is 1. The zero-order valence-electron chi connectivity index (χ0n) is 4.56. The van der Waals surface area contributed by atoms with E-state index >= 15 is 0 Å². The van der Waals surface area contributed by atoms with Gasteiger partial charge in [-0.3, -0.25) is 0 Å². The van der Waals surface area contributed by atoms with Crippen LogP contribution in [0.15, 0.2) is 12.2 Å². The molecule has 3 heteroatoms. The molecule has 0 radical (unpaired) electrons. The molecule has 0 aromatic heterocycles. The molecule has 0 aromatic rings. The molecule has 0 atom stereocenters. The van der Waals surface area contributed by atoms with Crippen LogP contribution in [-0.2, 0) is 0 Å². The summed E-state index contributed by atoms with van der Waals surface area (Å²) in [6.45, 7) is 0.362. The third kappa shape index (κ3) is 2.69. The normalized spacial score (nSPS) is 13.0. The van der Waals surface area contributed by atoms with Gasteiger partial charge in [0.2, 0.25) is 0 Å². The van der Waals surface area contributed by atoms with Gasteiger partial charge in [0, 0.05) is 0 Å². The van der Waals surface area contributed by atoms with E-state index in [1.54, 1.807) is 0 Å². The molecule has 0 aliphatic rings. The van der Waals surface area contributed by atoms with Crippen molar-refractivity contribution in [2.45, 2.75) is 12.8 Å². The lowest BCUT2D eigenvalue weighted by atomic mass is 10.3. The van der Waals surface area contributed by atoms with Crippen molar-refractivity contribution in [1.29, 1.82) is 0 Å². The van der Waals surface area contributed by atoms with Crippen molar-refractivity contribution in [3.05, 3.63) is 12.2 Å². The van der Waals surface area contributed by atoms with Gasteiger partial charge < -0.3 is 5.11 Å². The van der Waals surface area contributed by atoms with Gasteiger partial charge in [-0.05, 0) is 13.0 Å². The van der Waals surface area contributed by atoms with Crippen molar-refractivity contribution in [2.24, 2.45) is 0 Å². The predicted octanol–water partition coefficient (Wildman–Crippen LogP) is 1.19. The number of hydrogen-bond acceptors (Lipinski definition) is 1. The summed E-state index contributed by atoms with van der Waals surface area (Å²) >= 11 is 0. The summed E-state index contributed by atoms with van der Waals surface area (Å²) in [7, 11) is 0. The Hall–Kier alpha value is -0.440. The molecule has 0 rings (SSSR count). The zero-order valence-corrected chi connectivity index (χ0v) is 4.56. The molecule has 1 nitrogen and oxygen atoms in total. The van der Waals surface area contributed by atoms with E-state index < -0.39 is 12.5 Å². The first-order chi connectivity index (χ1) is 3.62. The lowest BCUT2D eigenvalue weighted by Crippen LogP contribution is -2.16. The summed E-state index contributed by atoms with van der Waals surface area (Å²) in [5, 5.41) is 7.92. The first kappa shape index (κ1) is 7.56. The first-order valence-corrected chi connectivity index (χ1v) is 2.25. The Morgan fingerprint density at radius 3 is 2.25 bits per heavy atom. The lowest BCUT2D eigenvalue weighted by Gasteiger charge is -2.04. The van der Waals surface area contributed by atoms with Crippen molar-refractivity contribution in [2.75, 3.05) is 6.61 Å². The Balaban J connectivity index is 3.71. The van der Waals surface area contributed by atoms with E-state index in [0.29, 0.717) is 6.08 Å². The highest BCUT2D eigenvalue weighted by Crippen LogP contribution is 2.12. The summed E-state index contributed by atoms with van der Waals surface area (Å²) in [4.78, 5) is 0. The molecular weight excluding hydrogens is 114 g/mol. The van der Waals surface area contributed by atoms with Gasteiger partial charge in [0.1, 0.15) is 6.61 Å². The third-order valence-electron chi connectivity index (χ3n) is 0.621. The van der Waals surface area contributed by atoms with E-state index in [1.807, 2.05) is 0 Å². The molecule has 8 heavy (non-hydrogen) atoms. The molecule has 0 saturated carbocycles. The fraction of sp³-hybridized carbons (Fsp3) is 0.600. The van der Waals surface area contributed by atoms with Gasteiger partial charge in [-0.15, -0.1) is 0 Å². The van der Waals surface area contributed by atoms with Crippen LogP contribution in [0.1, 0.15) is 6.92 Å². The van der Waals surface area contributed by atoms with Gasteiger partial charge >= 0.3 is 0 Å². The molecule has 0 amide bonds. The summed E-state index contributed by atoms with van der Waals surface area (Å²) in [6.07, 6.45) is 1.86. The number of halogens is 2. The molecular formula is C5H8F2O. The van der Waals surface area contributed by atoms with Crippen LogP contribution in [-0.4, -0.2) is 17.6 Å². The topological polar surface area (TPSA) is 20.2 Å². The van der Waals surface area contributed by atoms with Gasteiger partial charge in [0.15, 0.2) is 0 Å². The van der Waals surface area contributed by atoms with Crippen LogP contribution in [0.2, 0.25) is 0 Å². The molecule has 0 aliphatic carbocycles. The van der Waals surface area contributed by atoms with Crippen LogP contribution < -0.4 is 0 Å². The molecule has 0 aliphatic heterocycles. The van der Waals surface area contributed by atoms with Gasteiger partial charge in [-0.25, -0.2) is 0 Å². The van der Waals surface area contributed by atoms with Crippen LogP contribution in [0.5, 0.6) is 0 Å². The van der Waals surface area contributed by atoms with E-state index in [1.165, 1.54) is 13.0 Å². The van der Waals surface area contributed by atoms with Crippen molar-refractivity contribution in [1.82, 2.24) is 0 Å². The monoisotopic (exact) mass is 122 g/mol. The van der Waals surface area contributed by atoms with Crippen LogP contribution in [0.3, 0.4) is 0 Å². The van der Waals surface area contributed by atoms with Crippen molar-refractivity contribution >= 4 is 0 Å². The molecule has 0 bridgehead atoms. The average molecular weight is 122 g/mol. The second-order valence-electron chi connectivity index (χ2n) is 1.42. The molecule has 48 valence electrons. The van der Waals surface area contributed by atoms with Crippen molar-refractivity contribution in [3.8, 4) is 0 Å². The number of allylic oxidation sites excluding steroid dienone is 1. The van der Waals surface area contributed by atoms with Crippen LogP contribution in [0.25, 0.3) is 0 Å². The SMILES string of the molecule is C/C=C/C(F)(F)CO. The number of rotatable bonds is 2. The summed E-state index contributed by atoms with van der Waals surface area (Å²) in [6, 6.07) is 0. The molecule has 0 fully saturated rings. The van der Waals surface area contributed by atoms with Gasteiger partial charge in [0.25, 0.3) is 5.92 Å². The van der Waals surface area contributed by atoms with Crippen LogP contribution >= 0.6 is 0 Å². The fourth-order valence-electron chi connectivity index (χ4n) is 0.297. The third-order valence-corrected chi connectivity index (χ3v) is 0.621. The number of alkyl halides is 2. The lowest BCUT2D eigenvalue weighted by molar-refractivity contribution is -0.00492. The molecule has 0 saturated heterocycles. The second kappa shape index (κ2) is 2.77. The maximum Gasteiger partial charge on any atom is 0.289 e. The average Bonchev–Trinajstić information content (AvgIpc) is 1.67. The van der Waals surface area contributed by atoms with Crippen LogP contribution in [0, 0.1) is 0 Å². The maximum atomic E-state index is 11.8. The zero-order chi connectivity index (χ0) is 6.62. The Bertz CT molecular complexity index is 88.4. The smallest absolute Gasteiger partial charge is 0.289 e. The van der Waals surface area contributed by atoms with Gasteiger partial charge in [-0.2, -0.15) is 8.78 Å². The fourth-order valence-corrected chi connectivity index (χ4v) is 0.297. The molecule has 0 spiro atoms. The molecule has 0 heterocycles. The van der Waals surface area contributed by atoms with E-state index in [4.69, 9.17) is 5.11 Å². The highest BCUT2D eigenvalue weighted by molar-refractivity contribution is 4.91. The first-order valence-electron chi connectivity index (χ1n) is 2.25. The standard InChI is InChI=1S/C5H8F2O/c1-2-3-5(6,7)4-8/h2-3,8H,4H2,1H3/b3-2+. The number of aliphatic hydroxyl groups is 1. The second-order valence-corrected chi connectivity index (χ2v) is 1.42. The highest BCUT2D eigenvalue weighted by Gasteiger charge is 2.21. The summed E-state index contributed by atoms with van der Waals surface area (Å²) in [5.74, 6) is -3.03. The van der Waals surface area contributed by atoms with E-state index in [9.17, 15) is 8.78 Å². The van der Waals surface area contributed by atoms with Gasteiger partial charge in [-0.1, -0.05) is 6.08 Å². The summed E-state index contributed by atoms with van der Waals surface area (Å²) < 4.78 is 23.6. The predicted molar refractivity (Wildman–Crippen MR) is 26.8 cm³/mol. The maximum absolute atomic E-state index is 11.8. The number of hydrogen-bond donors (Lipinski definition) is 1. The molecule has 0 unspecified atom stereocenters. The Kier molecular flexibility index (Phi) is 2.62.